The first-order valence-electron chi connectivity index (χ1n) is 8.45. The molecule has 0 atom stereocenters. The Morgan fingerprint density at radius 2 is 1.88 bits per heavy atom. The predicted octanol–water partition coefficient (Wildman–Crippen LogP) is 2.86. The third kappa shape index (κ3) is 4.16. The fourth-order valence-electron chi connectivity index (χ4n) is 2.84. The van der Waals surface area contributed by atoms with Crippen molar-refractivity contribution in [2.75, 3.05) is 28.5 Å². The average molecular weight is 374 g/mol. The van der Waals surface area contributed by atoms with E-state index in [0.717, 1.165) is 11.1 Å². The van der Waals surface area contributed by atoms with E-state index in [2.05, 4.69) is 5.32 Å². The Labute approximate surface area is 153 Å². The molecule has 1 amide bonds. The number of carbonyl (C=O) groups is 1. The minimum Gasteiger partial charge on any atom is -0.484 e. The third-order valence-corrected chi connectivity index (χ3v) is 6.13. The minimum atomic E-state index is -3.21. The molecule has 1 saturated heterocycles. The highest BCUT2D eigenvalue weighted by Gasteiger charge is 2.28. The van der Waals surface area contributed by atoms with E-state index in [1.165, 1.54) is 4.31 Å². The molecule has 0 aromatic heterocycles. The van der Waals surface area contributed by atoms with Gasteiger partial charge in [-0.15, -0.1) is 0 Å². The summed E-state index contributed by atoms with van der Waals surface area (Å²) in [5.74, 6) is 0.549. The highest BCUT2D eigenvalue weighted by atomic mass is 32.2. The van der Waals surface area contributed by atoms with Gasteiger partial charge in [0, 0.05) is 12.2 Å². The largest absolute Gasteiger partial charge is 0.484 e. The molecule has 1 aliphatic rings. The number of sulfonamides is 1. The van der Waals surface area contributed by atoms with Crippen molar-refractivity contribution in [3.8, 4) is 5.75 Å². The second-order valence-electron chi connectivity index (χ2n) is 6.39. The zero-order chi connectivity index (χ0) is 18.7. The van der Waals surface area contributed by atoms with E-state index in [-0.39, 0.29) is 18.3 Å². The van der Waals surface area contributed by atoms with Gasteiger partial charge in [0.15, 0.2) is 6.61 Å². The molecule has 138 valence electrons. The summed E-state index contributed by atoms with van der Waals surface area (Å²) in [4.78, 5) is 12.1. The van der Waals surface area contributed by atoms with Crippen molar-refractivity contribution in [1.82, 2.24) is 0 Å². The van der Waals surface area contributed by atoms with Crippen LogP contribution in [0.1, 0.15) is 17.5 Å². The molecule has 1 aliphatic heterocycles. The lowest BCUT2D eigenvalue weighted by Gasteiger charge is -2.18. The van der Waals surface area contributed by atoms with Gasteiger partial charge in [0.1, 0.15) is 5.75 Å². The molecule has 7 heteroatoms. The van der Waals surface area contributed by atoms with Crippen LogP contribution in [-0.4, -0.2) is 33.2 Å². The Morgan fingerprint density at radius 1 is 1.15 bits per heavy atom. The summed E-state index contributed by atoms with van der Waals surface area (Å²) in [7, 11) is -3.21. The van der Waals surface area contributed by atoms with Gasteiger partial charge >= 0.3 is 0 Å². The van der Waals surface area contributed by atoms with E-state index in [0.29, 0.717) is 30.1 Å². The van der Waals surface area contributed by atoms with Gasteiger partial charge in [-0.25, -0.2) is 8.42 Å². The van der Waals surface area contributed by atoms with Crippen LogP contribution in [0.2, 0.25) is 0 Å². The molecule has 0 bridgehead atoms. The van der Waals surface area contributed by atoms with Crippen LogP contribution in [0.25, 0.3) is 0 Å². The maximum Gasteiger partial charge on any atom is 0.262 e. The standard InChI is InChI=1S/C19H22N2O4S/c1-14-4-7-17(8-5-14)25-13-19(22)20-18-9-6-16(12-15(18)2)21-10-3-11-26(21,23)24/h4-9,12H,3,10-11,13H2,1-2H3,(H,20,22). The lowest BCUT2D eigenvalue weighted by atomic mass is 10.1. The van der Waals surface area contributed by atoms with Crippen LogP contribution in [0, 0.1) is 13.8 Å². The van der Waals surface area contributed by atoms with E-state index in [9.17, 15) is 13.2 Å². The van der Waals surface area contributed by atoms with E-state index in [1.54, 1.807) is 18.2 Å². The van der Waals surface area contributed by atoms with Gasteiger partial charge < -0.3 is 10.1 Å². The molecule has 6 nitrogen and oxygen atoms in total. The summed E-state index contributed by atoms with van der Waals surface area (Å²) in [5.41, 5.74) is 3.20. The van der Waals surface area contributed by atoms with E-state index in [1.807, 2.05) is 38.1 Å². The minimum absolute atomic E-state index is 0.0925. The SMILES string of the molecule is Cc1ccc(OCC(=O)Nc2ccc(N3CCCS3(=O)=O)cc2C)cc1. The van der Waals surface area contributed by atoms with Crippen LogP contribution in [-0.2, 0) is 14.8 Å². The van der Waals surface area contributed by atoms with E-state index >= 15 is 0 Å². The van der Waals surface area contributed by atoms with Crippen LogP contribution in [0.5, 0.6) is 5.75 Å². The van der Waals surface area contributed by atoms with Gasteiger partial charge in [0.2, 0.25) is 10.0 Å². The van der Waals surface area contributed by atoms with Gasteiger partial charge in [0.25, 0.3) is 5.91 Å². The van der Waals surface area contributed by atoms with Crippen molar-refractivity contribution in [3.63, 3.8) is 0 Å². The number of aryl methyl sites for hydroxylation is 2. The van der Waals surface area contributed by atoms with Crippen molar-refractivity contribution in [3.05, 3.63) is 53.6 Å². The number of amides is 1. The van der Waals surface area contributed by atoms with Crippen LogP contribution in [0.3, 0.4) is 0 Å². The highest BCUT2D eigenvalue weighted by Crippen LogP contribution is 2.28. The van der Waals surface area contributed by atoms with Crippen molar-refractivity contribution >= 4 is 27.3 Å². The molecule has 26 heavy (non-hydrogen) atoms. The molecular weight excluding hydrogens is 352 g/mol. The van der Waals surface area contributed by atoms with Gasteiger partial charge in [-0.05, 0) is 56.2 Å². The van der Waals surface area contributed by atoms with Crippen LogP contribution >= 0.6 is 0 Å². The second kappa shape index (κ2) is 7.37. The normalized spacial score (nSPS) is 15.7. The van der Waals surface area contributed by atoms with E-state index < -0.39 is 10.0 Å². The number of rotatable bonds is 5. The van der Waals surface area contributed by atoms with Gasteiger partial charge in [-0.2, -0.15) is 0 Å². The number of nitrogens with zero attached hydrogens (tertiary/aromatic N) is 1. The molecule has 0 saturated carbocycles. The quantitative estimate of drug-likeness (QED) is 0.873. The first-order valence-corrected chi connectivity index (χ1v) is 10.1. The molecule has 1 fully saturated rings. The van der Waals surface area contributed by atoms with E-state index in [4.69, 9.17) is 4.74 Å². The number of hydrogen-bond donors (Lipinski definition) is 1. The maximum absolute atomic E-state index is 12.1. The third-order valence-electron chi connectivity index (χ3n) is 4.26. The molecule has 0 aliphatic carbocycles. The molecule has 0 unspecified atom stereocenters. The van der Waals surface area contributed by atoms with Crippen molar-refractivity contribution in [2.45, 2.75) is 20.3 Å². The van der Waals surface area contributed by atoms with Gasteiger partial charge in [-0.3, -0.25) is 9.10 Å². The molecule has 0 spiro atoms. The maximum atomic E-state index is 12.1. The molecule has 2 aromatic carbocycles. The zero-order valence-corrected chi connectivity index (χ0v) is 15.7. The van der Waals surface area contributed by atoms with Crippen molar-refractivity contribution in [1.29, 1.82) is 0 Å². The Morgan fingerprint density at radius 3 is 2.50 bits per heavy atom. The lowest BCUT2D eigenvalue weighted by molar-refractivity contribution is -0.118. The molecule has 3 rings (SSSR count). The fourth-order valence-corrected chi connectivity index (χ4v) is 4.40. The number of ether oxygens (including phenoxy) is 1. The number of benzene rings is 2. The smallest absolute Gasteiger partial charge is 0.262 e. The number of nitrogens with one attached hydrogen (secondary N) is 1. The first kappa shape index (κ1) is 18.3. The van der Waals surface area contributed by atoms with Gasteiger partial charge in [-0.1, -0.05) is 17.7 Å². The summed E-state index contributed by atoms with van der Waals surface area (Å²) >= 11 is 0. The molecule has 1 N–H and O–H groups in total. The Kier molecular flexibility index (Phi) is 5.18. The molecular formula is C19H22N2O4S. The van der Waals surface area contributed by atoms with Gasteiger partial charge in [0.05, 0.1) is 11.4 Å². The Bertz CT molecular complexity index is 908. The molecule has 1 heterocycles. The molecule has 2 aromatic rings. The summed E-state index contributed by atoms with van der Waals surface area (Å²) in [6.07, 6.45) is 0.635. The van der Waals surface area contributed by atoms with Crippen LogP contribution in [0.15, 0.2) is 42.5 Å². The monoisotopic (exact) mass is 374 g/mol. The summed E-state index contributed by atoms with van der Waals surface area (Å²) in [5, 5.41) is 2.80. The van der Waals surface area contributed by atoms with Crippen molar-refractivity contribution < 1.29 is 17.9 Å². The summed E-state index contributed by atoms with van der Waals surface area (Å²) in [6.45, 7) is 4.22. The number of anilines is 2. The average Bonchev–Trinajstić information content (AvgIpc) is 2.95. The highest BCUT2D eigenvalue weighted by molar-refractivity contribution is 7.93. The van der Waals surface area contributed by atoms with Crippen LogP contribution in [0.4, 0.5) is 11.4 Å². The zero-order valence-electron chi connectivity index (χ0n) is 14.9. The summed E-state index contributed by atoms with van der Waals surface area (Å²) in [6, 6.07) is 12.7. The van der Waals surface area contributed by atoms with Crippen LogP contribution < -0.4 is 14.4 Å². The summed E-state index contributed by atoms with van der Waals surface area (Å²) < 4.78 is 30.9. The number of hydrogen-bond acceptors (Lipinski definition) is 4. The first-order chi connectivity index (χ1) is 12.3. The Balaban J connectivity index is 1.62. The second-order valence-corrected chi connectivity index (χ2v) is 8.40. The number of carbonyl (C=O) groups excluding carboxylic acids is 1. The lowest BCUT2D eigenvalue weighted by Crippen LogP contribution is -2.25. The Hall–Kier alpha value is -2.54. The predicted molar refractivity (Wildman–Crippen MR) is 102 cm³/mol. The fraction of sp³-hybridized carbons (Fsp3) is 0.316. The molecule has 0 radical (unpaired) electrons. The topological polar surface area (TPSA) is 75.7 Å². The van der Waals surface area contributed by atoms with Crippen molar-refractivity contribution in [2.24, 2.45) is 0 Å².